The molecule has 1 atom stereocenters. The molecule has 0 bridgehead atoms. The van der Waals surface area contributed by atoms with Gasteiger partial charge in [0.05, 0.1) is 0 Å². The Morgan fingerprint density at radius 2 is 1.86 bits per heavy atom. The maximum Gasteiger partial charge on any atom is 0.120 e. The van der Waals surface area contributed by atoms with Crippen molar-refractivity contribution in [2.24, 2.45) is 0 Å². The molecule has 0 fully saturated rings. The molecule has 2 nitrogen and oxygen atoms in total. The van der Waals surface area contributed by atoms with Crippen LogP contribution in [0.5, 0.6) is 5.75 Å². The van der Waals surface area contributed by atoms with Crippen molar-refractivity contribution in [2.75, 3.05) is 0 Å². The first-order valence-corrected chi connectivity index (χ1v) is 5.06. The van der Waals surface area contributed by atoms with Crippen molar-refractivity contribution >= 4 is 0 Å². The van der Waals surface area contributed by atoms with Gasteiger partial charge < -0.3 is 10.4 Å². The Morgan fingerprint density at radius 3 is 2.43 bits per heavy atom. The van der Waals surface area contributed by atoms with E-state index in [1.807, 2.05) is 19.1 Å². The lowest BCUT2D eigenvalue weighted by Gasteiger charge is -2.18. The Bertz CT molecular complexity index is 307. The molecule has 1 rings (SSSR count). The monoisotopic (exact) mass is 193 g/mol. The number of phenols is 1. The van der Waals surface area contributed by atoms with Crippen LogP contribution in [0.15, 0.2) is 18.2 Å². The van der Waals surface area contributed by atoms with Crippen LogP contribution in [0.4, 0.5) is 0 Å². The second kappa shape index (κ2) is 4.47. The largest absolute Gasteiger partial charge is 0.508 e. The van der Waals surface area contributed by atoms with Gasteiger partial charge in [0.1, 0.15) is 5.75 Å². The number of benzene rings is 1. The lowest BCUT2D eigenvalue weighted by atomic mass is 10.0. The number of aromatic hydroxyl groups is 1. The van der Waals surface area contributed by atoms with Gasteiger partial charge in [-0.25, -0.2) is 0 Å². The van der Waals surface area contributed by atoms with Crippen molar-refractivity contribution in [1.82, 2.24) is 5.32 Å². The van der Waals surface area contributed by atoms with Crippen LogP contribution in [-0.2, 0) is 0 Å². The summed E-state index contributed by atoms with van der Waals surface area (Å²) in [5.74, 6) is 0.372. The third-order valence-corrected chi connectivity index (χ3v) is 2.23. The maximum absolute atomic E-state index is 9.68. The summed E-state index contributed by atoms with van der Waals surface area (Å²) in [6.45, 7) is 8.30. The Hall–Kier alpha value is -1.02. The highest BCUT2D eigenvalue weighted by molar-refractivity contribution is 5.37. The fraction of sp³-hybridized carbons (Fsp3) is 0.500. The molecular formula is C12H19NO. The lowest BCUT2D eigenvalue weighted by molar-refractivity contribution is 0.442. The Morgan fingerprint density at radius 1 is 1.21 bits per heavy atom. The molecule has 14 heavy (non-hydrogen) atoms. The molecule has 0 aliphatic carbocycles. The first-order valence-electron chi connectivity index (χ1n) is 5.06. The van der Waals surface area contributed by atoms with E-state index in [0.717, 1.165) is 5.56 Å². The van der Waals surface area contributed by atoms with Gasteiger partial charge in [-0.1, -0.05) is 31.5 Å². The molecule has 78 valence electrons. The molecular weight excluding hydrogens is 174 g/mol. The van der Waals surface area contributed by atoms with E-state index in [1.165, 1.54) is 5.56 Å². The van der Waals surface area contributed by atoms with Crippen LogP contribution < -0.4 is 5.32 Å². The van der Waals surface area contributed by atoms with Gasteiger partial charge in [-0.3, -0.25) is 0 Å². The minimum atomic E-state index is 0.190. The van der Waals surface area contributed by atoms with Gasteiger partial charge in [0.25, 0.3) is 0 Å². The van der Waals surface area contributed by atoms with Crippen molar-refractivity contribution in [3.05, 3.63) is 29.3 Å². The molecule has 2 heteroatoms. The molecule has 0 radical (unpaired) electrons. The quantitative estimate of drug-likeness (QED) is 0.773. The number of nitrogens with one attached hydrogen (secondary N) is 1. The second-order valence-electron chi connectivity index (χ2n) is 4.11. The minimum absolute atomic E-state index is 0.190. The van der Waals surface area contributed by atoms with Crippen LogP contribution >= 0.6 is 0 Å². The zero-order chi connectivity index (χ0) is 10.7. The van der Waals surface area contributed by atoms with Gasteiger partial charge in [0.15, 0.2) is 0 Å². The molecule has 0 spiro atoms. The van der Waals surface area contributed by atoms with Gasteiger partial charge in [-0.2, -0.15) is 0 Å². The average molecular weight is 193 g/mol. The predicted molar refractivity (Wildman–Crippen MR) is 59.5 cm³/mol. The Kier molecular flexibility index (Phi) is 3.53. The fourth-order valence-corrected chi connectivity index (χ4v) is 1.61. The van der Waals surface area contributed by atoms with E-state index in [2.05, 4.69) is 26.1 Å². The van der Waals surface area contributed by atoms with E-state index >= 15 is 0 Å². The van der Waals surface area contributed by atoms with Crippen LogP contribution in [0, 0.1) is 6.92 Å². The highest BCUT2D eigenvalue weighted by Gasteiger charge is 2.10. The minimum Gasteiger partial charge on any atom is -0.508 e. The summed E-state index contributed by atoms with van der Waals surface area (Å²) in [5.41, 5.74) is 2.15. The summed E-state index contributed by atoms with van der Waals surface area (Å²) in [5, 5.41) is 13.0. The van der Waals surface area contributed by atoms with Crippen molar-refractivity contribution < 1.29 is 5.11 Å². The zero-order valence-corrected chi connectivity index (χ0v) is 9.33. The molecule has 1 aromatic carbocycles. The van der Waals surface area contributed by atoms with E-state index < -0.39 is 0 Å². The highest BCUT2D eigenvalue weighted by Crippen LogP contribution is 2.25. The highest BCUT2D eigenvalue weighted by atomic mass is 16.3. The zero-order valence-electron chi connectivity index (χ0n) is 9.33. The fourth-order valence-electron chi connectivity index (χ4n) is 1.61. The van der Waals surface area contributed by atoms with Crippen molar-refractivity contribution in [3.63, 3.8) is 0 Å². The molecule has 0 aliphatic rings. The van der Waals surface area contributed by atoms with Gasteiger partial charge in [-0.15, -0.1) is 0 Å². The number of rotatable bonds is 3. The van der Waals surface area contributed by atoms with Crippen molar-refractivity contribution in [3.8, 4) is 5.75 Å². The summed E-state index contributed by atoms with van der Waals surface area (Å²) in [6.07, 6.45) is 0. The smallest absolute Gasteiger partial charge is 0.120 e. The molecule has 0 aromatic heterocycles. The summed E-state index contributed by atoms with van der Waals surface area (Å²) in [7, 11) is 0. The van der Waals surface area contributed by atoms with Crippen LogP contribution in [0.1, 0.15) is 37.9 Å². The first kappa shape index (κ1) is 11.1. The van der Waals surface area contributed by atoms with Crippen molar-refractivity contribution in [1.29, 1.82) is 0 Å². The molecule has 1 unspecified atom stereocenters. The number of hydrogen-bond acceptors (Lipinski definition) is 2. The van der Waals surface area contributed by atoms with Gasteiger partial charge >= 0.3 is 0 Å². The standard InChI is InChI=1S/C12H19NO/c1-8(2)13-10(4)11-7-9(3)5-6-12(11)14/h5-8,10,13-14H,1-4H3. The van der Waals surface area contributed by atoms with E-state index in [-0.39, 0.29) is 6.04 Å². The summed E-state index contributed by atoms with van der Waals surface area (Å²) >= 11 is 0. The lowest BCUT2D eigenvalue weighted by Crippen LogP contribution is -2.26. The van der Waals surface area contributed by atoms with Crippen LogP contribution in [-0.4, -0.2) is 11.1 Å². The summed E-state index contributed by atoms with van der Waals surface area (Å²) in [6, 6.07) is 6.30. The Balaban J connectivity index is 2.88. The van der Waals surface area contributed by atoms with Crippen LogP contribution in [0.2, 0.25) is 0 Å². The van der Waals surface area contributed by atoms with Gasteiger partial charge in [-0.05, 0) is 19.9 Å². The van der Waals surface area contributed by atoms with Crippen LogP contribution in [0.25, 0.3) is 0 Å². The van der Waals surface area contributed by atoms with E-state index in [9.17, 15) is 5.11 Å². The summed E-state index contributed by atoms with van der Waals surface area (Å²) < 4.78 is 0. The predicted octanol–water partition coefficient (Wildman–Crippen LogP) is 2.76. The first-order chi connectivity index (χ1) is 6.50. The summed E-state index contributed by atoms with van der Waals surface area (Å²) in [4.78, 5) is 0. The third-order valence-electron chi connectivity index (χ3n) is 2.23. The number of aryl methyl sites for hydroxylation is 1. The van der Waals surface area contributed by atoms with E-state index in [4.69, 9.17) is 0 Å². The third kappa shape index (κ3) is 2.74. The molecule has 0 saturated carbocycles. The average Bonchev–Trinajstić information content (AvgIpc) is 2.08. The van der Waals surface area contributed by atoms with Crippen LogP contribution in [0.3, 0.4) is 0 Å². The normalized spacial score (nSPS) is 13.2. The number of hydrogen-bond donors (Lipinski definition) is 2. The molecule has 0 saturated heterocycles. The SMILES string of the molecule is Cc1ccc(O)c(C(C)NC(C)C)c1. The maximum atomic E-state index is 9.68. The van der Waals surface area contributed by atoms with Gasteiger partial charge in [0, 0.05) is 17.6 Å². The molecule has 0 aliphatic heterocycles. The van der Waals surface area contributed by atoms with Gasteiger partial charge in [0.2, 0.25) is 0 Å². The molecule has 0 amide bonds. The molecule has 0 heterocycles. The second-order valence-corrected chi connectivity index (χ2v) is 4.11. The van der Waals surface area contributed by atoms with E-state index in [0.29, 0.717) is 11.8 Å². The van der Waals surface area contributed by atoms with E-state index in [1.54, 1.807) is 6.07 Å². The Labute approximate surface area is 86.0 Å². The molecule has 1 aromatic rings. The number of phenolic OH excluding ortho intramolecular Hbond substituents is 1. The topological polar surface area (TPSA) is 32.3 Å². The van der Waals surface area contributed by atoms with Crippen molar-refractivity contribution in [2.45, 2.75) is 39.8 Å². The molecule has 2 N–H and O–H groups in total.